The maximum Gasteiger partial charge on any atom is 0.227 e. The Balaban J connectivity index is 1.88. The molecule has 2 rings (SSSR count). The van der Waals surface area contributed by atoms with Crippen LogP contribution in [0, 0.1) is 11.8 Å². The maximum atomic E-state index is 12.5. The van der Waals surface area contributed by atoms with E-state index in [4.69, 9.17) is 0 Å². The van der Waals surface area contributed by atoms with E-state index in [9.17, 15) is 14.7 Å². The van der Waals surface area contributed by atoms with Crippen molar-refractivity contribution in [3.05, 3.63) is 0 Å². The minimum Gasteiger partial charge on any atom is -0.386 e. The van der Waals surface area contributed by atoms with E-state index in [1.165, 1.54) is 0 Å². The van der Waals surface area contributed by atoms with Crippen LogP contribution < -0.4 is 0 Å². The molecule has 2 aliphatic rings. The molecule has 5 nitrogen and oxygen atoms in total. The van der Waals surface area contributed by atoms with Gasteiger partial charge in [0.25, 0.3) is 0 Å². The second-order valence-electron chi connectivity index (χ2n) is 6.95. The highest BCUT2D eigenvalue weighted by Crippen LogP contribution is 2.29. The molecule has 1 atom stereocenters. The van der Waals surface area contributed by atoms with E-state index in [1.807, 2.05) is 25.7 Å². The maximum absolute atomic E-state index is 12.5. The topological polar surface area (TPSA) is 60.9 Å². The summed E-state index contributed by atoms with van der Waals surface area (Å²) in [4.78, 5) is 28.1. The van der Waals surface area contributed by atoms with Crippen LogP contribution in [0.4, 0.5) is 0 Å². The van der Waals surface area contributed by atoms with Crippen LogP contribution in [0.3, 0.4) is 0 Å². The van der Waals surface area contributed by atoms with E-state index in [-0.39, 0.29) is 23.7 Å². The second kappa shape index (κ2) is 6.34. The van der Waals surface area contributed by atoms with Crippen molar-refractivity contribution < 1.29 is 14.7 Å². The minimum atomic E-state index is -0.674. The van der Waals surface area contributed by atoms with Crippen molar-refractivity contribution in [2.24, 2.45) is 11.8 Å². The van der Waals surface area contributed by atoms with Crippen molar-refractivity contribution in [1.82, 2.24) is 9.80 Å². The summed E-state index contributed by atoms with van der Waals surface area (Å²) in [5.74, 6) is 0.140. The molecule has 120 valence electrons. The number of hydrogen-bond donors (Lipinski definition) is 1. The molecule has 0 aromatic rings. The lowest BCUT2D eigenvalue weighted by molar-refractivity contribution is -0.163. The number of piperidine rings is 1. The standard InChI is InChI=1S/C16H28N2O3/c1-4-7-16(21)10-18(11-16)15(20)13-6-5-8-17(9-13)14(19)12(2)3/h12-13,21H,4-11H2,1-3H3. The molecule has 2 heterocycles. The van der Waals surface area contributed by atoms with Gasteiger partial charge < -0.3 is 14.9 Å². The van der Waals surface area contributed by atoms with Crippen LogP contribution >= 0.6 is 0 Å². The van der Waals surface area contributed by atoms with E-state index in [0.717, 1.165) is 32.2 Å². The highest BCUT2D eigenvalue weighted by Gasteiger charge is 2.45. The third-order valence-corrected chi connectivity index (χ3v) is 4.57. The van der Waals surface area contributed by atoms with Crippen molar-refractivity contribution >= 4 is 11.8 Å². The number of amides is 2. The molecule has 0 radical (unpaired) electrons. The molecule has 0 aliphatic carbocycles. The SMILES string of the molecule is CCCC1(O)CN(C(=O)C2CCCN(C(=O)C(C)C)C2)C1. The van der Waals surface area contributed by atoms with Gasteiger partial charge in [0.15, 0.2) is 0 Å². The summed E-state index contributed by atoms with van der Waals surface area (Å²) < 4.78 is 0. The first kappa shape index (κ1) is 16.3. The predicted molar refractivity (Wildman–Crippen MR) is 80.6 cm³/mol. The van der Waals surface area contributed by atoms with Gasteiger partial charge in [0.2, 0.25) is 11.8 Å². The molecule has 5 heteroatoms. The Bertz CT molecular complexity index is 402. The first-order valence-electron chi connectivity index (χ1n) is 8.16. The van der Waals surface area contributed by atoms with Gasteiger partial charge in [0.05, 0.1) is 24.6 Å². The van der Waals surface area contributed by atoms with Crippen LogP contribution in [0.15, 0.2) is 0 Å². The van der Waals surface area contributed by atoms with Gasteiger partial charge in [0, 0.05) is 19.0 Å². The molecular formula is C16H28N2O3. The molecule has 0 bridgehead atoms. The van der Waals surface area contributed by atoms with Crippen molar-refractivity contribution in [2.45, 2.75) is 52.1 Å². The number of carbonyl (C=O) groups excluding carboxylic acids is 2. The molecule has 0 aromatic heterocycles. The molecule has 2 fully saturated rings. The monoisotopic (exact) mass is 296 g/mol. The third-order valence-electron chi connectivity index (χ3n) is 4.57. The summed E-state index contributed by atoms with van der Waals surface area (Å²) >= 11 is 0. The molecule has 1 N–H and O–H groups in total. The molecule has 2 amide bonds. The summed E-state index contributed by atoms with van der Waals surface area (Å²) in [6.07, 6.45) is 3.42. The summed E-state index contributed by atoms with van der Waals surface area (Å²) in [5.41, 5.74) is -0.674. The summed E-state index contributed by atoms with van der Waals surface area (Å²) in [6.45, 7) is 8.04. The van der Waals surface area contributed by atoms with E-state index in [2.05, 4.69) is 0 Å². The van der Waals surface area contributed by atoms with Gasteiger partial charge in [-0.25, -0.2) is 0 Å². The molecule has 0 saturated carbocycles. The average Bonchev–Trinajstić information content (AvgIpc) is 2.43. The number of nitrogens with zero attached hydrogens (tertiary/aromatic N) is 2. The summed E-state index contributed by atoms with van der Waals surface area (Å²) in [7, 11) is 0. The number of β-amino-alcohol motifs (C(OH)–C–C–N with tert-alkyl or cyclic N) is 1. The highest BCUT2D eigenvalue weighted by molar-refractivity contribution is 5.82. The normalized spacial score (nSPS) is 24.9. The van der Waals surface area contributed by atoms with E-state index in [0.29, 0.717) is 19.6 Å². The quantitative estimate of drug-likeness (QED) is 0.849. The van der Waals surface area contributed by atoms with Gasteiger partial charge in [-0.15, -0.1) is 0 Å². The van der Waals surface area contributed by atoms with Crippen molar-refractivity contribution in [2.75, 3.05) is 26.2 Å². The molecule has 2 saturated heterocycles. The number of hydrogen-bond acceptors (Lipinski definition) is 3. The Hall–Kier alpha value is -1.10. The first-order valence-corrected chi connectivity index (χ1v) is 8.16. The van der Waals surface area contributed by atoms with E-state index < -0.39 is 5.60 Å². The van der Waals surface area contributed by atoms with Crippen LogP contribution in [-0.2, 0) is 9.59 Å². The zero-order chi connectivity index (χ0) is 15.6. The summed E-state index contributed by atoms with van der Waals surface area (Å²) in [6, 6.07) is 0. The molecule has 2 aliphatic heterocycles. The van der Waals surface area contributed by atoms with Gasteiger partial charge >= 0.3 is 0 Å². The Labute approximate surface area is 127 Å². The van der Waals surface area contributed by atoms with Crippen LogP contribution in [-0.4, -0.2) is 58.5 Å². The molecule has 0 spiro atoms. The fourth-order valence-electron chi connectivity index (χ4n) is 3.45. The highest BCUT2D eigenvalue weighted by atomic mass is 16.3. The zero-order valence-corrected chi connectivity index (χ0v) is 13.5. The predicted octanol–water partition coefficient (Wildman–Crippen LogP) is 1.25. The van der Waals surface area contributed by atoms with Crippen LogP contribution in [0.1, 0.15) is 46.5 Å². The number of carbonyl (C=O) groups is 2. The lowest BCUT2D eigenvalue weighted by Gasteiger charge is -2.48. The van der Waals surface area contributed by atoms with Crippen LogP contribution in [0.25, 0.3) is 0 Å². The smallest absolute Gasteiger partial charge is 0.227 e. The Kier molecular flexibility index (Phi) is 4.91. The summed E-state index contributed by atoms with van der Waals surface area (Å²) in [5, 5.41) is 10.2. The van der Waals surface area contributed by atoms with Gasteiger partial charge in [-0.2, -0.15) is 0 Å². The average molecular weight is 296 g/mol. The molecule has 0 aromatic carbocycles. The third kappa shape index (κ3) is 3.57. The fourth-order valence-corrected chi connectivity index (χ4v) is 3.45. The van der Waals surface area contributed by atoms with Gasteiger partial charge in [-0.05, 0) is 19.3 Å². The lowest BCUT2D eigenvalue weighted by atomic mass is 9.86. The fraction of sp³-hybridized carbons (Fsp3) is 0.875. The second-order valence-corrected chi connectivity index (χ2v) is 6.95. The van der Waals surface area contributed by atoms with Crippen LogP contribution in [0.2, 0.25) is 0 Å². The van der Waals surface area contributed by atoms with Crippen molar-refractivity contribution in [1.29, 1.82) is 0 Å². The van der Waals surface area contributed by atoms with Gasteiger partial charge in [-0.3, -0.25) is 9.59 Å². The van der Waals surface area contributed by atoms with Gasteiger partial charge in [0.1, 0.15) is 0 Å². The Morgan fingerprint density at radius 3 is 2.52 bits per heavy atom. The molecule has 1 unspecified atom stereocenters. The minimum absolute atomic E-state index is 0.0162. The van der Waals surface area contributed by atoms with Crippen molar-refractivity contribution in [3.8, 4) is 0 Å². The zero-order valence-electron chi connectivity index (χ0n) is 13.5. The number of rotatable bonds is 4. The molecule has 21 heavy (non-hydrogen) atoms. The number of likely N-dealkylation sites (tertiary alicyclic amines) is 2. The first-order chi connectivity index (χ1) is 9.86. The van der Waals surface area contributed by atoms with E-state index >= 15 is 0 Å². The van der Waals surface area contributed by atoms with Crippen LogP contribution in [0.5, 0.6) is 0 Å². The lowest BCUT2D eigenvalue weighted by Crippen LogP contribution is -2.65. The Morgan fingerprint density at radius 2 is 1.95 bits per heavy atom. The van der Waals surface area contributed by atoms with Gasteiger partial charge in [-0.1, -0.05) is 27.2 Å². The van der Waals surface area contributed by atoms with Crippen molar-refractivity contribution in [3.63, 3.8) is 0 Å². The molecular weight excluding hydrogens is 268 g/mol. The number of aliphatic hydroxyl groups is 1. The largest absolute Gasteiger partial charge is 0.386 e. The Morgan fingerprint density at radius 1 is 1.29 bits per heavy atom. The van der Waals surface area contributed by atoms with E-state index in [1.54, 1.807) is 4.90 Å².